The zero-order valence-electron chi connectivity index (χ0n) is 12.5. The van der Waals surface area contributed by atoms with Gasteiger partial charge in [-0.05, 0) is 6.42 Å². The molecule has 1 amide bonds. The average Bonchev–Trinajstić information content (AvgIpc) is 2.92. The Morgan fingerprint density at radius 1 is 1.48 bits per heavy atom. The molecule has 0 aliphatic rings. The summed E-state index contributed by atoms with van der Waals surface area (Å²) in [5.41, 5.74) is 0. The van der Waals surface area contributed by atoms with Crippen molar-refractivity contribution in [1.82, 2.24) is 10.3 Å². The third-order valence-electron chi connectivity index (χ3n) is 2.51. The Labute approximate surface area is 130 Å². The molecule has 1 heterocycles. The molecule has 0 unspecified atom stereocenters. The lowest BCUT2D eigenvalue weighted by atomic mass is 10.2. The molecule has 0 saturated heterocycles. The Morgan fingerprint density at radius 2 is 2.19 bits per heavy atom. The van der Waals surface area contributed by atoms with Gasteiger partial charge in [0, 0.05) is 18.9 Å². The molecule has 1 aromatic rings. The Balaban J connectivity index is 2.46. The standard InChI is InChI=1S/C14H20N2O3S2/c1-4-21(18,19)14-16-10-12(20-14)13(17)15-9-7-5-6-8-11(2)3/h10-11H,4-5,7,9H2,1-3H3,(H,15,17). The Morgan fingerprint density at radius 3 is 2.81 bits per heavy atom. The summed E-state index contributed by atoms with van der Waals surface area (Å²) in [6, 6.07) is 0. The fourth-order valence-electron chi connectivity index (χ4n) is 1.37. The van der Waals surface area contributed by atoms with Gasteiger partial charge < -0.3 is 5.32 Å². The van der Waals surface area contributed by atoms with E-state index >= 15 is 0 Å². The van der Waals surface area contributed by atoms with Crippen LogP contribution in [-0.4, -0.2) is 31.6 Å². The van der Waals surface area contributed by atoms with Crippen LogP contribution in [0.5, 0.6) is 0 Å². The normalized spacial score (nSPS) is 11.0. The van der Waals surface area contributed by atoms with E-state index in [9.17, 15) is 13.2 Å². The molecule has 0 radical (unpaired) electrons. The number of hydrogen-bond donors (Lipinski definition) is 1. The van der Waals surface area contributed by atoms with E-state index in [1.807, 2.05) is 13.8 Å². The van der Waals surface area contributed by atoms with Crippen LogP contribution in [0.25, 0.3) is 0 Å². The van der Waals surface area contributed by atoms with Gasteiger partial charge in [-0.25, -0.2) is 13.4 Å². The van der Waals surface area contributed by atoms with Crippen molar-refractivity contribution < 1.29 is 13.2 Å². The number of rotatable bonds is 6. The summed E-state index contributed by atoms with van der Waals surface area (Å²) in [6.45, 7) is 6.12. The molecule has 0 atom stereocenters. The van der Waals surface area contributed by atoms with Crippen LogP contribution in [0.4, 0.5) is 0 Å². The van der Waals surface area contributed by atoms with E-state index in [4.69, 9.17) is 0 Å². The largest absolute Gasteiger partial charge is 0.351 e. The van der Waals surface area contributed by atoms with Crippen LogP contribution in [0, 0.1) is 17.8 Å². The first-order valence-electron chi connectivity index (χ1n) is 6.82. The van der Waals surface area contributed by atoms with Crippen molar-refractivity contribution in [2.75, 3.05) is 12.3 Å². The van der Waals surface area contributed by atoms with E-state index in [-0.39, 0.29) is 16.0 Å². The van der Waals surface area contributed by atoms with Crippen molar-refractivity contribution in [3.05, 3.63) is 11.1 Å². The van der Waals surface area contributed by atoms with E-state index in [2.05, 4.69) is 22.1 Å². The average molecular weight is 328 g/mol. The van der Waals surface area contributed by atoms with Gasteiger partial charge in [-0.1, -0.05) is 32.1 Å². The molecular weight excluding hydrogens is 308 g/mol. The van der Waals surface area contributed by atoms with Gasteiger partial charge in [0.25, 0.3) is 5.91 Å². The lowest BCUT2D eigenvalue weighted by molar-refractivity contribution is 0.0957. The first-order chi connectivity index (χ1) is 9.86. The van der Waals surface area contributed by atoms with Crippen LogP contribution < -0.4 is 5.32 Å². The number of amides is 1. The summed E-state index contributed by atoms with van der Waals surface area (Å²) in [7, 11) is -3.34. The van der Waals surface area contributed by atoms with Crippen molar-refractivity contribution in [3.8, 4) is 11.8 Å². The quantitative estimate of drug-likeness (QED) is 0.641. The first-order valence-corrected chi connectivity index (χ1v) is 9.29. The van der Waals surface area contributed by atoms with Crippen LogP contribution >= 0.6 is 11.3 Å². The number of carbonyl (C=O) groups is 1. The molecule has 1 N–H and O–H groups in total. The maximum Gasteiger partial charge on any atom is 0.263 e. The minimum Gasteiger partial charge on any atom is -0.351 e. The summed E-state index contributed by atoms with van der Waals surface area (Å²) in [4.78, 5) is 16.0. The number of sulfone groups is 1. The third kappa shape index (κ3) is 5.86. The van der Waals surface area contributed by atoms with Gasteiger partial charge in [-0.2, -0.15) is 0 Å². The monoisotopic (exact) mass is 328 g/mol. The van der Waals surface area contributed by atoms with Gasteiger partial charge in [0.15, 0.2) is 0 Å². The SMILES string of the molecule is CCS(=O)(=O)c1ncc(C(=O)NCCCC#CC(C)C)s1. The van der Waals surface area contributed by atoms with Crippen LogP contribution in [0.2, 0.25) is 0 Å². The van der Waals surface area contributed by atoms with Crippen LogP contribution in [0.1, 0.15) is 43.3 Å². The second-order valence-electron chi connectivity index (χ2n) is 4.73. The highest BCUT2D eigenvalue weighted by Gasteiger charge is 2.18. The maximum absolute atomic E-state index is 11.8. The molecule has 0 aromatic carbocycles. The Bertz CT molecular complexity index is 637. The molecule has 0 spiro atoms. The van der Waals surface area contributed by atoms with E-state index in [0.717, 1.165) is 24.2 Å². The fraction of sp³-hybridized carbons (Fsp3) is 0.571. The third-order valence-corrected chi connectivity index (χ3v) is 5.71. The Hall–Kier alpha value is -1.39. The van der Waals surface area contributed by atoms with Crippen molar-refractivity contribution in [1.29, 1.82) is 0 Å². The molecule has 0 bridgehead atoms. The number of nitrogens with zero attached hydrogens (tertiary/aromatic N) is 1. The molecule has 21 heavy (non-hydrogen) atoms. The number of thiazole rings is 1. The number of carbonyl (C=O) groups excluding carboxylic acids is 1. The van der Waals surface area contributed by atoms with Crippen LogP contribution in [0.3, 0.4) is 0 Å². The minimum atomic E-state index is -3.34. The van der Waals surface area contributed by atoms with Crippen molar-refractivity contribution in [3.63, 3.8) is 0 Å². The highest BCUT2D eigenvalue weighted by atomic mass is 32.2. The molecule has 5 nitrogen and oxygen atoms in total. The topological polar surface area (TPSA) is 76.1 Å². The van der Waals surface area contributed by atoms with Crippen LogP contribution in [-0.2, 0) is 9.84 Å². The second kappa shape index (κ2) is 8.15. The highest BCUT2D eigenvalue weighted by Crippen LogP contribution is 2.19. The number of hydrogen-bond acceptors (Lipinski definition) is 5. The molecular formula is C14H20N2O3S2. The number of aromatic nitrogens is 1. The van der Waals surface area contributed by atoms with E-state index in [1.165, 1.54) is 6.20 Å². The molecule has 1 rings (SSSR count). The predicted molar refractivity (Wildman–Crippen MR) is 84.0 cm³/mol. The predicted octanol–water partition coefficient (Wildman–Crippen LogP) is 2.11. The summed E-state index contributed by atoms with van der Waals surface area (Å²) >= 11 is 0.906. The van der Waals surface area contributed by atoms with Gasteiger partial charge in [-0.3, -0.25) is 4.79 Å². The van der Waals surface area contributed by atoms with Crippen molar-refractivity contribution in [2.45, 2.75) is 38.0 Å². The zero-order valence-corrected chi connectivity index (χ0v) is 14.1. The smallest absolute Gasteiger partial charge is 0.263 e. The molecule has 116 valence electrons. The molecule has 7 heteroatoms. The van der Waals surface area contributed by atoms with Gasteiger partial charge in [0.1, 0.15) is 4.88 Å². The molecule has 0 saturated carbocycles. The highest BCUT2D eigenvalue weighted by molar-refractivity contribution is 7.93. The van der Waals surface area contributed by atoms with Crippen LogP contribution in [0.15, 0.2) is 10.5 Å². The molecule has 0 aliphatic carbocycles. The first kappa shape index (κ1) is 17.7. The van der Waals surface area contributed by atoms with Crippen molar-refractivity contribution in [2.24, 2.45) is 5.92 Å². The fourth-order valence-corrected chi connectivity index (χ4v) is 3.53. The van der Waals surface area contributed by atoms with Gasteiger partial charge in [-0.15, -0.1) is 11.8 Å². The van der Waals surface area contributed by atoms with Gasteiger partial charge in [0.2, 0.25) is 14.2 Å². The summed E-state index contributed by atoms with van der Waals surface area (Å²) in [5.74, 6) is 6.14. The number of unbranched alkanes of at least 4 members (excludes halogenated alkanes) is 1. The zero-order chi connectivity index (χ0) is 15.9. The summed E-state index contributed by atoms with van der Waals surface area (Å²) < 4.78 is 23.2. The molecule has 0 aliphatic heterocycles. The second-order valence-corrected chi connectivity index (χ2v) is 8.21. The minimum absolute atomic E-state index is 0.00190. The Kier molecular flexibility index (Phi) is 6.85. The molecule has 0 fully saturated rings. The summed E-state index contributed by atoms with van der Waals surface area (Å²) in [6.07, 6.45) is 2.81. The van der Waals surface area contributed by atoms with E-state index in [1.54, 1.807) is 6.92 Å². The number of nitrogens with one attached hydrogen (secondary N) is 1. The molecule has 1 aromatic heterocycles. The van der Waals surface area contributed by atoms with Gasteiger partial charge in [0.05, 0.1) is 11.9 Å². The summed E-state index contributed by atoms with van der Waals surface area (Å²) in [5, 5.41) is 2.74. The van der Waals surface area contributed by atoms with E-state index in [0.29, 0.717) is 17.3 Å². The van der Waals surface area contributed by atoms with E-state index < -0.39 is 9.84 Å². The van der Waals surface area contributed by atoms with Gasteiger partial charge >= 0.3 is 0 Å². The lowest BCUT2D eigenvalue weighted by Gasteiger charge is -2.00. The lowest BCUT2D eigenvalue weighted by Crippen LogP contribution is -2.23. The maximum atomic E-state index is 11.8. The van der Waals surface area contributed by atoms with Crippen molar-refractivity contribution >= 4 is 27.1 Å².